The van der Waals surface area contributed by atoms with Gasteiger partial charge >= 0.3 is 0 Å². The van der Waals surface area contributed by atoms with Crippen LogP contribution in [0.4, 0.5) is 34.1 Å². The van der Waals surface area contributed by atoms with Gasteiger partial charge in [0.25, 0.3) is 6.71 Å². The van der Waals surface area contributed by atoms with Gasteiger partial charge in [-0.3, -0.25) is 0 Å². The second kappa shape index (κ2) is 17.3. The zero-order valence-corrected chi connectivity index (χ0v) is 46.1. The summed E-state index contributed by atoms with van der Waals surface area (Å²) in [6.07, 6.45) is 2.29. The molecule has 11 rings (SSSR count). The van der Waals surface area contributed by atoms with Crippen LogP contribution in [-0.2, 0) is 27.1 Å². The average Bonchev–Trinajstić information content (AvgIpc) is 3.37. The summed E-state index contributed by atoms with van der Waals surface area (Å²) in [5, 5.41) is 0. The molecule has 3 aliphatic rings. The van der Waals surface area contributed by atoms with Gasteiger partial charge in [-0.2, -0.15) is 0 Å². The SMILES string of the molecule is CC(C)c1cc2c3c(c1)N(c1c(-c4ccccc4)cc(C(C)(C)C)cc1-c1ccccc1)c1cc4c(cc1B3c1ccc(C(C)(C)c3ccccc3)cc1N2c1cccc(C(C)(C)C)c1)C(C)(C)CCC4(C)C. The molecule has 2 heterocycles. The fourth-order valence-electron chi connectivity index (χ4n) is 12.4. The molecule has 2 nitrogen and oxygen atoms in total. The van der Waals surface area contributed by atoms with Crippen LogP contribution in [0.15, 0.2) is 170 Å². The Morgan fingerprint density at radius 2 is 0.945 bits per heavy atom. The van der Waals surface area contributed by atoms with Gasteiger partial charge in [0.15, 0.2) is 0 Å². The van der Waals surface area contributed by atoms with E-state index < -0.39 is 0 Å². The molecule has 3 heteroatoms. The van der Waals surface area contributed by atoms with E-state index >= 15 is 0 Å². The Morgan fingerprint density at radius 1 is 0.438 bits per heavy atom. The van der Waals surface area contributed by atoms with Crippen LogP contribution in [0.2, 0.25) is 0 Å². The van der Waals surface area contributed by atoms with Crippen LogP contribution < -0.4 is 26.2 Å². The second-order valence-electron chi connectivity index (χ2n) is 25.9. The molecule has 8 aromatic carbocycles. The van der Waals surface area contributed by atoms with Gasteiger partial charge in [0.1, 0.15) is 0 Å². The van der Waals surface area contributed by atoms with E-state index in [-0.39, 0.29) is 39.7 Å². The molecule has 0 amide bonds. The van der Waals surface area contributed by atoms with E-state index in [4.69, 9.17) is 0 Å². The van der Waals surface area contributed by atoms with Gasteiger partial charge in [0.05, 0.1) is 5.69 Å². The number of fused-ring (bicyclic) bond motifs is 5. The first-order valence-electron chi connectivity index (χ1n) is 27.1. The van der Waals surface area contributed by atoms with E-state index in [0.29, 0.717) is 0 Å². The van der Waals surface area contributed by atoms with E-state index in [1.54, 1.807) is 0 Å². The summed E-state index contributed by atoms with van der Waals surface area (Å²) in [6.45, 7) is 33.6. The van der Waals surface area contributed by atoms with Crippen molar-refractivity contribution in [1.82, 2.24) is 0 Å². The van der Waals surface area contributed by atoms with Crippen molar-refractivity contribution in [3.8, 4) is 22.3 Å². The number of benzene rings is 8. The summed E-state index contributed by atoms with van der Waals surface area (Å²) in [5.41, 5.74) is 25.7. The van der Waals surface area contributed by atoms with Crippen molar-refractivity contribution in [2.45, 2.75) is 143 Å². The first kappa shape index (κ1) is 48.7. The third kappa shape index (κ3) is 8.18. The van der Waals surface area contributed by atoms with Gasteiger partial charge in [-0.1, -0.05) is 218 Å². The maximum absolute atomic E-state index is 2.76. The Hall–Kier alpha value is -6.58. The van der Waals surface area contributed by atoms with Gasteiger partial charge < -0.3 is 9.80 Å². The fourth-order valence-corrected chi connectivity index (χ4v) is 12.4. The van der Waals surface area contributed by atoms with E-state index in [2.05, 4.69) is 277 Å². The molecule has 73 heavy (non-hydrogen) atoms. The van der Waals surface area contributed by atoms with Crippen LogP contribution in [0.5, 0.6) is 0 Å². The number of nitrogens with zero attached hydrogens (tertiary/aromatic N) is 2. The molecule has 0 atom stereocenters. The number of anilines is 6. The highest BCUT2D eigenvalue weighted by atomic mass is 15.2. The minimum absolute atomic E-state index is 0.00531. The summed E-state index contributed by atoms with van der Waals surface area (Å²) in [4.78, 5) is 5.41. The lowest BCUT2D eigenvalue weighted by Crippen LogP contribution is -2.62. The zero-order valence-electron chi connectivity index (χ0n) is 46.1. The van der Waals surface area contributed by atoms with Crippen molar-refractivity contribution in [2.75, 3.05) is 9.80 Å². The number of hydrogen-bond donors (Lipinski definition) is 0. The van der Waals surface area contributed by atoms with Gasteiger partial charge in [-0.15, -0.1) is 0 Å². The minimum atomic E-state index is -0.239. The molecule has 0 N–H and O–H groups in total. The molecule has 0 aromatic heterocycles. The highest BCUT2D eigenvalue weighted by molar-refractivity contribution is 7.00. The van der Waals surface area contributed by atoms with E-state index in [9.17, 15) is 0 Å². The summed E-state index contributed by atoms with van der Waals surface area (Å²) >= 11 is 0. The molecule has 2 aliphatic heterocycles. The molecule has 0 fully saturated rings. The molecular formula is C70H75BN2. The van der Waals surface area contributed by atoms with Crippen LogP contribution in [0, 0.1) is 0 Å². The third-order valence-corrected chi connectivity index (χ3v) is 17.3. The molecule has 0 bridgehead atoms. The van der Waals surface area contributed by atoms with Gasteiger partial charge in [0.2, 0.25) is 0 Å². The van der Waals surface area contributed by atoms with E-state index in [0.717, 1.165) is 12.8 Å². The lowest BCUT2D eigenvalue weighted by molar-refractivity contribution is 0.332. The predicted molar refractivity (Wildman–Crippen MR) is 317 cm³/mol. The maximum atomic E-state index is 2.76. The largest absolute Gasteiger partial charge is 0.311 e. The van der Waals surface area contributed by atoms with Crippen molar-refractivity contribution < 1.29 is 0 Å². The monoisotopic (exact) mass is 955 g/mol. The zero-order chi connectivity index (χ0) is 51.6. The average molecular weight is 955 g/mol. The van der Waals surface area contributed by atoms with Crippen LogP contribution in [0.1, 0.15) is 155 Å². The maximum Gasteiger partial charge on any atom is 0.252 e. The highest BCUT2D eigenvalue weighted by Crippen LogP contribution is 2.55. The minimum Gasteiger partial charge on any atom is -0.311 e. The van der Waals surface area contributed by atoms with Crippen molar-refractivity contribution in [3.05, 3.63) is 209 Å². The Kier molecular flexibility index (Phi) is 11.5. The molecule has 0 radical (unpaired) electrons. The van der Waals surface area contributed by atoms with Crippen LogP contribution >= 0.6 is 0 Å². The summed E-state index contributed by atoms with van der Waals surface area (Å²) in [7, 11) is 0. The topological polar surface area (TPSA) is 6.48 Å². The Bertz CT molecular complexity index is 3360. The Balaban J connectivity index is 1.33. The van der Waals surface area contributed by atoms with E-state index in [1.165, 1.54) is 112 Å². The fraction of sp³-hybridized carbons (Fsp3) is 0.314. The molecule has 368 valence electrons. The van der Waals surface area contributed by atoms with Crippen molar-refractivity contribution in [1.29, 1.82) is 0 Å². The predicted octanol–water partition coefficient (Wildman–Crippen LogP) is 17.5. The van der Waals surface area contributed by atoms with Gasteiger partial charge in [-0.25, -0.2) is 0 Å². The smallest absolute Gasteiger partial charge is 0.252 e. The molecule has 1 aliphatic carbocycles. The molecule has 0 spiro atoms. The van der Waals surface area contributed by atoms with Crippen LogP contribution in [0.3, 0.4) is 0 Å². The van der Waals surface area contributed by atoms with Crippen molar-refractivity contribution in [3.63, 3.8) is 0 Å². The standard InChI is InChI=1S/C70H75BN2/c1-45(2)48-37-62-64-63(38-48)73(65-54(46-25-18-15-19-26-46)40-52(67(6,7)8)41-55(65)47-27-20-16-21-28-47)61-44-57-56(68(9,10)35-36-69(57,11)12)43-59(61)71(64)58-34-33-51(70(13,14)49-29-22-17-23-30-49)42-60(58)72(62)53-32-24-31-50(39-53)66(3,4)5/h15-34,37-45H,35-36H2,1-14H3. The molecular weight excluding hydrogens is 880 g/mol. The lowest BCUT2D eigenvalue weighted by Gasteiger charge is -2.48. The molecule has 0 saturated heterocycles. The van der Waals surface area contributed by atoms with E-state index in [1.807, 2.05) is 0 Å². The van der Waals surface area contributed by atoms with Crippen LogP contribution in [0.25, 0.3) is 22.3 Å². The second-order valence-corrected chi connectivity index (χ2v) is 25.9. The number of hydrogen-bond acceptors (Lipinski definition) is 2. The molecule has 0 unspecified atom stereocenters. The van der Waals surface area contributed by atoms with Crippen molar-refractivity contribution >= 4 is 57.2 Å². The Labute approximate surface area is 438 Å². The third-order valence-electron chi connectivity index (χ3n) is 17.3. The van der Waals surface area contributed by atoms with Crippen molar-refractivity contribution in [2.24, 2.45) is 0 Å². The summed E-state index contributed by atoms with van der Waals surface area (Å²) in [5.74, 6) is 0.268. The first-order chi connectivity index (χ1) is 34.5. The molecule has 8 aromatic rings. The van der Waals surface area contributed by atoms with Gasteiger partial charge in [-0.05, 0) is 155 Å². The quantitative estimate of drug-likeness (QED) is 0.147. The number of rotatable bonds is 7. The summed E-state index contributed by atoms with van der Waals surface area (Å²) < 4.78 is 0. The Morgan fingerprint density at radius 3 is 1.49 bits per heavy atom. The normalized spacial score (nSPS) is 15.7. The lowest BCUT2D eigenvalue weighted by atomic mass is 9.33. The van der Waals surface area contributed by atoms with Crippen LogP contribution in [-0.4, -0.2) is 6.71 Å². The molecule has 0 saturated carbocycles. The van der Waals surface area contributed by atoms with Gasteiger partial charge in [0, 0.05) is 45.0 Å². The summed E-state index contributed by atoms with van der Waals surface area (Å²) in [6, 6.07) is 66.0. The first-order valence-corrected chi connectivity index (χ1v) is 27.1. The highest BCUT2D eigenvalue weighted by Gasteiger charge is 2.48.